The number of hydrogen-bond acceptors (Lipinski definition) is 3. The number of nitrogens with zero attached hydrogens (tertiary/aromatic N) is 1. The highest BCUT2D eigenvalue weighted by Gasteiger charge is 2.26. The third-order valence-electron chi connectivity index (χ3n) is 3.61. The molecule has 1 atom stereocenters. The molecule has 0 amide bonds. The first-order valence-corrected chi connectivity index (χ1v) is 7.81. The Labute approximate surface area is 127 Å². The van der Waals surface area contributed by atoms with E-state index < -0.39 is 5.97 Å². The molecule has 0 saturated carbocycles. The molecule has 0 aromatic heterocycles. The number of carboxylic acids is 1. The summed E-state index contributed by atoms with van der Waals surface area (Å²) in [6, 6.07) is 7.32. The van der Waals surface area contributed by atoms with Crippen molar-refractivity contribution in [1.82, 2.24) is 4.90 Å². The van der Waals surface area contributed by atoms with Gasteiger partial charge in [-0.2, -0.15) is 0 Å². The van der Waals surface area contributed by atoms with Crippen LogP contribution in [0.25, 0.3) is 0 Å². The van der Waals surface area contributed by atoms with Gasteiger partial charge in [-0.3, -0.25) is 9.69 Å². The number of rotatable bonds is 5. The Balaban J connectivity index is 1.84. The quantitative estimate of drug-likeness (QED) is 0.893. The van der Waals surface area contributed by atoms with Gasteiger partial charge in [-0.05, 0) is 43.7 Å². The van der Waals surface area contributed by atoms with Crippen molar-refractivity contribution in [3.05, 3.63) is 28.7 Å². The SMILES string of the molecule is O=C(O)C1CCCCCN1CCOc1ccc(Br)cc1. The number of carbonyl (C=O) groups is 1. The van der Waals surface area contributed by atoms with Crippen LogP contribution in [0.4, 0.5) is 0 Å². The summed E-state index contributed by atoms with van der Waals surface area (Å²) in [7, 11) is 0. The maximum atomic E-state index is 11.3. The molecular weight excluding hydrogens is 322 g/mol. The van der Waals surface area contributed by atoms with E-state index in [4.69, 9.17) is 4.74 Å². The predicted molar refractivity (Wildman–Crippen MR) is 81.1 cm³/mol. The second-order valence-electron chi connectivity index (χ2n) is 5.04. The van der Waals surface area contributed by atoms with E-state index in [9.17, 15) is 9.90 Å². The topological polar surface area (TPSA) is 49.8 Å². The Hall–Kier alpha value is -1.07. The molecule has 1 aromatic rings. The standard InChI is InChI=1S/C15H20BrNO3/c16-12-5-7-13(8-6-12)20-11-10-17-9-3-1-2-4-14(17)15(18)19/h5-8,14H,1-4,9-11H2,(H,18,19). The molecule has 5 heteroatoms. The molecule has 1 unspecified atom stereocenters. The van der Waals surface area contributed by atoms with E-state index in [-0.39, 0.29) is 6.04 Å². The number of halogens is 1. The van der Waals surface area contributed by atoms with E-state index in [0.717, 1.165) is 42.5 Å². The number of benzene rings is 1. The summed E-state index contributed by atoms with van der Waals surface area (Å²) in [6.07, 6.45) is 3.94. The van der Waals surface area contributed by atoms with Crippen LogP contribution in [0.2, 0.25) is 0 Å². The molecule has 1 fully saturated rings. The first kappa shape index (κ1) is 15.3. The molecule has 1 aromatic carbocycles. The summed E-state index contributed by atoms with van der Waals surface area (Å²) >= 11 is 3.38. The van der Waals surface area contributed by atoms with E-state index in [1.807, 2.05) is 29.2 Å². The van der Waals surface area contributed by atoms with Gasteiger partial charge in [0.05, 0.1) is 0 Å². The zero-order valence-corrected chi connectivity index (χ0v) is 13.0. The second-order valence-corrected chi connectivity index (χ2v) is 5.96. The molecule has 1 aliphatic heterocycles. The van der Waals surface area contributed by atoms with Crippen molar-refractivity contribution in [2.45, 2.75) is 31.7 Å². The van der Waals surface area contributed by atoms with Gasteiger partial charge in [0.1, 0.15) is 18.4 Å². The Bertz CT molecular complexity index is 435. The average Bonchev–Trinajstić information content (AvgIpc) is 2.66. The first-order valence-electron chi connectivity index (χ1n) is 7.02. The van der Waals surface area contributed by atoms with Crippen molar-refractivity contribution < 1.29 is 14.6 Å². The number of carboxylic acid groups (broad SMARTS) is 1. The van der Waals surface area contributed by atoms with Crippen LogP contribution < -0.4 is 4.74 Å². The lowest BCUT2D eigenvalue weighted by Crippen LogP contribution is -2.42. The normalized spacial score (nSPS) is 20.4. The lowest BCUT2D eigenvalue weighted by Gasteiger charge is -2.26. The molecule has 1 N–H and O–H groups in total. The van der Waals surface area contributed by atoms with Crippen molar-refractivity contribution in [3.63, 3.8) is 0 Å². The first-order chi connectivity index (χ1) is 9.66. The molecule has 1 aliphatic rings. The van der Waals surface area contributed by atoms with Crippen LogP contribution in [0.5, 0.6) is 5.75 Å². The summed E-state index contributed by atoms with van der Waals surface area (Å²) in [5.74, 6) is 0.102. The van der Waals surface area contributed by atoms with Gasteiger partial charge >= 0.3 is 5.97 Å². The van der Waals surface area contributed by atoms with Crippen molar-refractivity contribution in [3.8, 4) is 5.75 Å². The third kappa shape index (κ3) is 4.49. The number of aliphatic carboxylic acids is 1. The summed E-state index contributed by atoms with van der Waals surface area (Å²) in [5, 5.41) is 9.29. The lowest BCUT2D eigenvalue weighted by molar-refractivity contribution is -0.143. The van der Waals surface area contributed by atoms with Crippen LogP contribution in [0.15, 0.2) is 28.7 Å². The summed E-state index contributed by atoms with van der Waals surface area (Å²) < 4.78 is 6.69. The van der Waals surface area contributed by atoms with Gasteiger partial charge in [-0.25, -0.2) is 0 Å². The fourth-order valence-electron chi connectivity index (χ4n) is 2.53. The largest absolute Gasteiger partial charge is 0.492 e. The van der Waals surface area contributed by atoms with E-state index in [0.29, 0.717) is 13.2 Å². The van der Waals surface area contributed by atoms with Crippen LogP contribution in [-0.4, -0.2) is 41.7 Å². The maximum absolute atomic E-state index is 11.3. The van der Waals surface area contributed by atoms with Crippen LogP contribution in [0, 0.1) is 0 Å². The smallest absolute Gasteiger partial charge is 0.320 e. The molecule has 2 rings (SSSR count). The fraction of sp³-hybridized carbons (Fsp3) is 0.533. The molecule has 4 nitrogen and oxygen atoms in total. The Kier molecular flexibility index (Phi) is 5.86. The summed E-state index contributed by atoms with van der Waals surface area (Å²) in [4.78, 5) is 13.3. The van der Waals surface area contributed by atoms with Crippen molar-refractivity contribution in [2.75, 3.05) is 19.7 Å². The van der Waals surface area contributed by atoms with E-state index in [1.54, 1.807) is 0 Å². The summed E-state index contributed by atoms with van der Waals surface area (Å²) in [6.45, 7) is 2.03. The molecule has 20 heavy (non-hydrogen) atoms. The molecular formula is C15H20BrNO3. The van der Waals surface area contributed by atoms with Crippen LogP contribution in [0.1, 0.15) is 25.7 Å². The van der Waals surface area contributed by atoms with Gasteiger partial charge in [0.2, 0.25) is 0 Å². The number of hydrogen-bond donors (Lipinski definition) is 1. The highest BCUT2D eigenvalue weighted by Crippen LogP contribution is 2.18. The molecule has 0 bridgehead atoms. The minimum atomic E-state index is -0.712. The molecule has 0 spiro atoms. The van der Waals surface area contributed by atoms with E-state index in [2.05, 4.69) is 15.9 Å². The monoisotopic (exact) mass is 341 g/mol. The number of ether oxygens (including phenoxy) is 1. The van der Waals surface area contributed by atoms with Crippen LogP contribution >= 0.6 is 15.9 Å². The molecule has 110 valence electrons. The van der Waals surface area contributed by atoms with Gasteiger partial charge in [0.25, 0.3) is 0 Å². The molecule has 1 heterocycles. The minimum Gasteiger partial charge on any atom is -0.492 e. The summed E-state index contributed by atoms with van der Waals surface area (Å²) in [5.41, 5.74) is 0. The molecule has 0 aliphatic carbocycles. The average molecular weight is 342 g/mol. The molecule has 1 saturated heterocycles. The fourth-order valence-corrected chi connectivity index (χ4v) is 2.79. The minimum absolute atomic E-state index is 0.356. The van der Waals surface area contributed by atoms with E-state index in [1.165, 1.54) is 0 Å². The van der Waals surface area contributed by atoms with E-state index >= 15 is 0 Å². The zero-order chi connectivity index (χ0) is 14.4. The van der Waals surface area contributed by atoms with Gasteiger partial charge in [0, 0.05) is 11.0 Å². The zero-order valence-electron chi connectivity index (χ0n) is 11.4. The third-order valence-corrected chi connectivity index (χ3v) is 4.14. The van der Waals surface area contributed by atoms with Gasteiger partial charge < -0.3 is 9.84 Å². The predicted octanol–water partition coefficient (Wildman–Crippen LogP) is 3.16. The Morgan fingerprint density at radius 3 is 2.75 bits per heavy atom. The highest BCUT2D eigenvalue weighted by atomic mass is 79.9. The van der Waals surface area contributed by atoms with Gasteiger partial charge in [0.15, 0.2) is 0 Å². The van der Waals surface area contributed by atoms with Gasteiger partial charge in [-0.15, -0.1) is 0 Å². The lowest BCUT2D eigenvalue weighted by atomic mass is 10.1. The maximum Gasteiger partial charge on any atom is 0.320 e. The van der Waals surface area contributed by atoms with Crippen LogP contribution in [0.3, 0.4) is 0 Å². The molecule has 0 radical (unpaired) electrons. The Morgan fingerprint density at radius 2 is 2.05 bits per heavy atom. The second kappa shape index (κ2) is 7.64. The van der Waals surface area contributed by atoms with Crippen molar-refractivity contribution >= 4 is 21.9 Å². The number of likely N-dealkylation sites (tertiary alicyclic amines) is 1. The van der Waals surface area contributed by atoms with Gasteiger partial charge in [-0.1, -0.05) is 28.8 Å². The van der Waals surface area contributed by atoms with Crippen LogP contribution in [-0.2, 0) is 4.79 Å². The van der Waals surface area contributed by atoms with Crippen molar-refractivity contribution in [2.24, 2.45) is 0 Å². The Morgan fingerprint density at radius 1 is 1.30 bits per heavy atom. The highest BCUT2D eigenvalue weighted by molar-refractivity contribution is 9.10. The van der Waals surface area contributed by atoms with Crippen molar-refractivity contribution in [1.29, 1.82) is 0 Å².